The van der Waals surface area contributed by atoms with Crippen LogP contribution >= 0.6 is 0 Å². The minimum absolute atomic E-state index is 0.144. The summed E-state index contributed by atoms with van der Waals surface area (Å²) in [4.78, 5) is 3.41. The summed E-state index contributed by atoms with van der Waals surface area (Å²) in [6, 6.07) is 16.6. The van der Waals surface area contributed by atoms with Crippen molar-refractivity contribution in [3.05, 3.63) is 76.4 Å². The van der Waals surface area contributed by atoms with Crippen LogP contribution in [0.3, 0.4) is 0 Å². The molecule has 2 heterocycles. The zero-order valence-corrected chi connectivity index (χ0v) is 25.2. The van der Waals surface area contributed by atoms with Crippen LogP contribution in [-0.4, -0.2) is 60.1 Å². The summed E-state index contributed by atoms with van der Waals surface area (Å²) in [6.07, 6.45) is 5.23. The Morgan fingerprint density at radius 1 is 1.21 bits per heavy atom. The Labute approximate surface area is 237 Å². The maximum absolute atomic E-state index is 11.3. The van der Waals surface area contributed by atoms with Crippen molar-refractivity contribution in [2.75, 3.05) is 30.9 Å². The van der Waals surface area contributed by atoms with Crippen LogP contribution in [-0.2, 0) is 10.1 Å². The number of fused-ring (bicyclic) bond motifs is 4. The molecule has 0 spiro atoms. The predicted octanol–water partition coefficient (Wildman–Crippen LogP) is 3.37. The molecule has 2 aliphatic heterocycles. The standard InChI is InChI=1S/C30H34N2O5SSe/c1-5-21(18-29-31(6-2)24-16-20(3)26(36-4)19-27(24)39-29)17-28-32(14-9-15-38(33,34)35)30-23-11-8-7-10-22(23)12-13-25(30)37-28/h7-8,10-13,16-19,28H,5-6,9,14-15H2,1-4H3,(H,33,34,35)/b21-17+,29-18-. The number of quaternary nitrogens is 1. The molecule has 2 aliphatic rings. The summed E-state index contributed by atoms with van der Waals surface area (Å²) in [7, 11) is -2.57. The van der Waals surface area contributed by atoms with E-state index < -0.39 is 10.1 Å². The molecular weight excluding hydrogens is 579 g/mol. The van der Waals surface area contributed by atoms with Crippen molar-refractivity contribution in [3.8, 4) is 11.5 Å². The molecule has 2 unspecified atom stereocenters. The minimum atomic E-state index is -4.28. The van der Waals surface area contributed by atoms with Crippen LogP contribution in [0.2, 0.25) is 0 Å². The first kappa shape index (κ1) is 27.7. The number of ether oxygens (including phenoxy) is 2. The van der Waals surface area contributed by atoms with Crippen LogP contribution in [0.4, 0.5) is 11.4 Å². The molecule has 3 aromatic rings. The van der Waals surface area contributed by atoms with Crippen LogP contribution in [0.5, 0.6) is 11.5 Å². The second-order valence-corrected chi connectivity index (χ2v) is 13.6. The topological polar surface area (TPSA) is 83.3 Å². The van der Waals surface area contributed by atoms with E-state index in [9.17, 15) is 13.0 Å². The van der Waals surface area contributed by atoms with Gasteiger partial charge in [-0.05, 0) is 0 Å². The maximum atomic E-state index is 11.3. The van der Waals surface area contributed by atoms with Crippen molar-refractivity contribution < 1.29 is 27.3 Å². The van der Waals surface area contributed by atoms with Gasteiger partial charge < -0.3 is 0 Å². The Hall–Kier alpha value is -2.81. The van der Waals surface area contributed by atoms with Gasteiger partial charge in [0, 0.05) is 0 Å². The Morgan fingerprint density at radius 2 is 2.00 bits per heavy atom. The van der Waals surface area contributed by atoms with Crippen molar-refractivity contribution in [3.63, 3.8) is 0 Å². The number of nitrogens with zero attached hydrogens (tertiary/aromatic N) is 1. The summed E-state index contributed by atoms with van der Waals surface area (Å²) >= 11 is 0.144. The van der Waals surface area contributed by atoms with Crippen molar-refractivity contribution >= 4 is 51.7 Å². The first-order valence-electron chi connectivity index (χ1n) is 13.3. The van der Waals surface area contributed by atoms with Gasteiger partial charge in [0.1, 0.15) is 0 Å². The molecule has 0 bridgehead atoms. The van der Waals surface area contributed by atoms with E-state index in [4.69, 9.17) is 9.47 Å². The molecule has 0 amide bonds. The van der Waals surface area contributed by atoms with E-state index in [0.717, 1.165) is 57.0 Å². The number of hydrogen-bond donors (Lipinski definition) is 1. The van der Waals surface area contributed by atoms with Crippen molar-refractivity contribution in [2.45, 2.75) is 39.8 Å². The third-order valence-corrected chi connectivity index (χ3v) is 10.4. The van der Waals surface area contributed by atoms with Gasteiger partial charge in [0.15, 0.2) is 0 Å². The van der Waals surface area contributed by atoms with Gasteiger partial charge in [-0.3, -0.25) is 0 Å². The molecule has 1 N–H and O–H groups in total. The molecule has 0 radical (unpaired) electrons. The average Bonchev–Trinajstić information content (AvgIpc) is 3.43. The van der Waals surface area contributed by atoms with Crippen LogP contribution in [0.15, 0.2) is 70.9 Å². The van der Waals surface area contributed by atoms with Crippen LogP contribution in [0, 0.1) is 6.92 Å². The van der Waals surface area contributed by atoms with E-state index in [2.05, 4.69) is 68.2 Å². The molecule has 2 atom stereocenters. The Kier molecular flexibility index (Phi) is 8.08. The van der Waals surface area contributed by atoms with E-state index in [-0.39, 0.29) is 33.4 Å². The second kappa shape index (κ2) is 11.4. The van der Waals surface area contributed by atoms with Gasteiger partial charge >= 0.3 is 238 Å². The molecule has 0 fully saturated rings. The molecule has 3 aromatic carbocycles. The Bertz CT molecular complexity index is 1570. The summed E-state index contributed by atoms with van der Waals surface area (Å²) in [5.74, 6) is 1.34. The van der Waals surface area contributed by atoms with E-state index in [1.165, 1.54) is 14.7 Å². The number of nitrogens with one attached hydrogen (secondary N) is 1. The normalized spacial score (nSPS) is 19.9. The van der Waals surface area contributed by atoms with E-state index >= 15 is 0 Å². The molecular formula is C30H34N2O5SSe. The van der Waals surface area contributed by atoms with Gasteiger partial charge in [-0.15, -0.1) is 0 Å². The number of hydrogen-bond acceptors (Lipinski definition) is 6. The third kappa shape index (κ3) is 5.74. The Balaban J connectivity index is 1.49. The van der Waals surface area contributed by atoms with Gasteiger partial charge in [0.2, 0.25) is 0 Å². The molecule has 0 saturated heterocycles. The van der Waals surface area contributed by atoms with Gasteiger partial charge in [0.05, 0.1) is 0 Å². The van der Waals surface area contributed by atoms with Crippen LogP contribution in [0.1, 0.15) is 32.3 Å². The summed E-state index contributed by atoms with van der Waals surface area (Å²) in [5.41, 5.74) is 4.56. The quantitative estimate of drug-likeness (QED) is 0.295. The van der Waals surface area contributed by atoms with Gasteiger partial charge in [-0.2, -0.15) is 0 Å². The molecule has 206 valence electrons. The first-order chi connectivity index (χ1) is 18.7. The zero-order valence-electron chi connectivity index (χ0n) is 22.7. The number of benzene rings is 3. The molecule has 5 rings (SSSR count). The monoisotopic (exact) mass is 614 g/mol. The molecule has 7 nitrogen and oxygen atoms in total. The number of rotatable bonds is 9. The molecule has 0 saturated carbocycles. The SMILES string of the molecule is CCC(/C=C1\[Se]c2cc(OC)c(C)cc2N1CC)=C\C1Oc2ccc3ccccc3c2[NH+]1CCCS(=O)(=O)[O-]. The molecule has 9 heteroatoms. The fourth-order valence-electron chi connectivity index (χ4n) is 5.38. The number of allylic oxidation sites excluding steroid dienone is 2. The molecule has 0 aliphatic carbocycles. The number of aryl methyl sites for hydroxylation is 1. The number of anilines is 1. The summed E-state index contributed by atoms with van der Waals surface area (Å²) in [5, 5.41) is 2.19. The Morgan fingerprint density at radius 3 is 2.72 bits per heavy atom. The third-order valence-electron chi connectivity index (χ3n) is 7.30. The van der Waals surface area contributed by atoms with E-state index in [1.54, 1.807) is 7.11 Å². The number of methoxy groups -OCH3 is 1. The molecule has 39 heavy (non-hydrogen) atoms. The van der Waals surface area contributed by atoms with Crippen LogP contribution in [0.25, 0.3) is 10.8 Å². The van der Waals surface area contributed by atoms with Gasteiger partial charge in [0.25, 0.3) is 0 Å². The van der Waals surface area contributed by atoms with Gasteiger partial charge in [-0.25, -0.2) is 0 Å². The first-order valence-corrected chi connectivity index (χ1v) is 16.6. The molecule has 0 aromatic heterocycles. The summed E-state index contributed by atoms with van der Waals surface area (Å²) < 4.78 is 48.7. The van der Waals surface area contributed by atoms with Gasteiger partial charge in [-0.1, -0.05) is 0 Å². The van der Waals surface area contributed by atoms with Crippen LogP contribution < -0.4 is 23.7 Å². The zero-order chi connectivity index (χ0) is 27.7. The van der Waals surface area contributed by atoms with Crippen molar-refractivity contribution in [1.29, 1.82) is 0 Å². The van der Waals surface area contributed by atoms with E-state index in [1.807, 2.05) is 18.2 Å². The fourth-order valence-corrected chi connectivity index (χ4v) is 8.42. The average molecular weight is 614 g/mol. The summed E-state index contributed by atoms with van der Waals surface area (Å²) in [6.45, 7) is 7.75. The second-order valence-electron chi connectivity index (χ2n) is 9.80. The van der Waals surface area contributed by atoms with E-state index in [0.29, 0.717) is 6.54 Å². The van der Waals surface area contributed by atoms with Crippen molar-refractivity contribution in [1.82, 2.24) is 0 Å². The van der Waals surface area contributed by atoms with Crippen molar-refractivity contribution in [2.24, 2.45) is 0 Å². The fraction of sp³-hybridized carbons (Fsp3) is 0.333. The predicted molar refractivity (Wildman–Crippen MR) is 156 cm³/mol.